The lowest BCUT2D eigenvalue weighted by molar-refractivity contribution is 0.0688. The smallest absolute Gasteiger partial charge is 0.356 e. The first-order valence-electron chi connectivity index (χ1n) is 4.24. The maximum Gasteiger partial charge on any atom is 0.356 e. The predicted octanol–water partition coefficient (Wildman–Crippen LogP) is 0.375. The summed E-state index contributed by atoms with van der Waals surface area (Å²) in [6.45, 7) is 0.823. The lowest BCUT2D eigenvalue weighted by Gasteiger charge is -2.20. The third kappa shape index (κ3) is 1.21. The van der Waals surface area contributed by atoms with E-state index in [0.29, 0.717) is 5.69 Å². The molecule has 1 aromatic heterocycles. The number of nitrogens with zero attached hydrogens (tertiary/aromatic N) is 2. The van der Waals surface area contributed by atoms with Gasteiger partial charge < -0.3 is 15.4 Å². The van der Waals surface area contributed by atoms with Gasteiger partial charge in [0.15, 0.2) is 5.69 Å². The zero-order valence-corrected chi connectivity index (χ0v) is 7.10. The van der Waals surface area contributed by atoms with Gasteiger partial charge in [0.05, 0.1) is 12.0 Å². The van der Waals surface area contributed by atoms with E-state index in [1.54, 1.807) is 6.33 Å². The number of aromatic nitrogens is 2. The highest BCUT2D eigenvalue weighted by Crippen LogP contribution is 2.25. The Bertz CT molecular complexity index is 345. The summed E-state index contributed by atoms with van der Waals surface area (Å²) in [5, 5.41) is 8.82. The quantitative estimate of drug-likeness (QED) is 0.656. The molecule has 0 amide bonds. The Morgan fingerprint density at radius 2 is 2.54 bits per heavy atom. The normalized spacial score (nSPS) is 21.2. The molecule has 0 spiro atoms. The van der Waals surface area contributed by atoms with Crippen LogP contribution >= 0.6 is 0 Å². The highest BCUT2D eigenvalue weighted by molar-refractivity contribution is 5.86. The van der Waals surface area contributed by atoms with E-state index in [1.807, 2.05) is 4.57 Å². The fraction of sp³-hybridized carbons (Fsp3) is 0.500. The SMILES string of the molecule is NC1CCCn2cnc(C(=O)O)c21. The second-order valence-electron chi connectivity index (χ2n) is 3.23. The monoisotopic (exact) mass is 181 g/mol. The van der Waals surface area contributed by atoms with Crippen molar-refractivity contribution in [3.63, 3.8) is 0 Å². The molecule has 0 bridgehead atoms. The fourth-order valence-electron chi connectivity index (χ4n) is 1.74. The van der Waals surface area contributed by atoms with E-state index in [-0.39, 0.29) is 11.7 Å². The summed E-state index contributed by atoms with van der Waals surface area (Å²) in [5.41, 5.74) is 6.57. The van der Waals surface area contributed by atoms with Crippen LogP contribution in [0.3, 0.4) is 0 Å². The molecule has 0 aliphatic carbocycles. The minimum Gasteiger partial charge on any atom is -0.476 e. The van der Waals surface area contributed by atoms with Crippen LogP contribution in [-0.2, 0) is 6.54 Å². The van der Waals surface area contributed by atoms with Crippen LogP contribution in [0.4, 0.5) is 0 Å². The molecular weight excluding hydrogens is 170 g/mol. The average molecular weight is 181 g/mol. The average Bonchev–Trinajstić information content (AvgIpc) is 2.49. The third-order valence-electron chi connectivity index (χ3n) is 2.35. The van der Waals surface area contributed by atoms with E-state index in [1.165, 1.54) is 0 Å². The third-order valence-corrected chi connectivity index (χ3v) is 2.35. The first-order valence-corrected chi connectivity index (χ1v) is 4.24. The Hall–Kier alpha value is -1.36. The van der Waals surface area contributed by atoms with Crippen LogP contribution in [0.5, 0.6) is 0 Å². The number of carboxylic acid groups (broad SMARTS) is 1. The van der Waals surface area contributed by atoms with Crippen LogP contribution in [0.2, 0.25) is 0 Å². The van der Waals surface area contributed by atoms with Crippen LogP contribution in [0, 0.1) is 0 Å². The van der Waals surface area contributed by atoms with Crippen LogP contribution in [0.15, 0.2) is 6.33 Å². The number of aromatic carboxylic acids is 1. The van der Waals surface area contributed by atoms with Gasteiger partial charge in [0, 0.05) is 12.6 Å². The van der Waals surface area contributed by atoms with Crippen molar-refractivity contribution >= 4 is 5.97 Å². The summed E-state index contributed by atoms with van der Waals surface area (Å²) < 4.78 is 1.83. The molecular formula is C8H11N3O2. The van der Waals surface area contributed by atoms with Crippen molar-refractivity contribution in [3.8, 4) is 0 Å². The van der Waals surface area contributed by atoms with E-state index in [0.717, 1.165) is 19.4 Å². The number of nitrogens with two attached hydrogens (primary N) is 1. The summed E-state index contributed by atoms with van der Waals surface area (Å²) >= 11 is 0. The van der Waals surface area contributed by atoms with Gasteiger partial charge >= 0.3 is 5.97 Å². The molecule has 0 fully saturated rings. The Balaban J connectivity index is 2.50. The van der Waals surface area contributed by atoms with Gasteiger partial charge in [0.25, 0.3) is 0 Å². The second-order valence-corrected chi connectivity index (χ2v) is 3.23. The predicted molar refractivity (Wildman–Crippen MR) is 45.3 cm³/mol. The summed E-state index contributed by atoms with van der Waals surface area (Å²) in [6.07, 6.45) is 3.38. The molecule has 0 aromatic carbocycles. The van der Waals surface area contributed by atoms with Gasteiger partial charge in [-0.1, -0.05) is 0 Å². The molecule has 0 radical (unpaired) electrons. The van der Waals surface area contributed by atoms with Crippen molar-refractivity contribution < 1.29 is 9.90 Å². The second kappa shape index (κ2) is 2.85. The van der Waals surface area contributed by atoms with Crippen molar-refractivity contribution in [1.29, 1.82) is 0 Å². The van der Waals surface area contributed by atoms with E-state index < -0.39 is 5.97 Å². The van der Waals surface area contributed by atoms with Crippen LogP contribution in [-0.4, -0.2) is 20.6 Å². The van der Waals surface area contributed by atoms with Crippen molar-refractivity contribution in [2.24, 2.45) is 5.73 Å². The van der Waals surface area contributed by atoms with Crippen molar-refractivity contribution in [1.82, 2.24) is 9.55 Å². The molecule has 2 heterocycles. The molecule has 1 unspecified atom stereocenters. The zero-order chi connectivity index (χ0) is 9.42. The van der Waals surface area contributed by atoms with Crippen molar-refractivity contribution in [3.05, 3.63) is 17.7 Å². The topological polar surface area (TPSA) is 81.1 Å². The number of carbonyl (C=O) groups is 1. The van der Waals surface area contributed by atoms with E-state index in [2.05, 4.69) is 4.98 Å². The number of imidazole rings is 1. The van der Waals surface area contributed by atoms with Crippen molar-refractivity contribution in [2.75, 3.05) is 0 Å². The highest BCUT2D eigenvalue weighted by Gasteiger charge is 2.24. The van der Waals surface area contributed by atoms with Gasteiger partial charge in [-0.3, -0.25) is 0 Å². The molecule has 0 saturated carbocycles. The number of hydrogen-bond acceptors (Lipinski definition) is 3. The van der Waals surface area contributed by atoms with E-state index in [4.69, 9.17) is 10.8 Å². The summed E-state index contributed by atoms with van der Waals surface area (Å²) in [7, 11) is 0. The Morgan fingerprint density at radius 3 is 3.23 bits per heavy atom. The number of fused-ring (bicyclic) bond motifs is 1. The number of aryl methyl sites for hydroxylation is 1. The largest absolute Gasteiger partial charge is 0.476 e. The summed E-state index contributed by atoms with van der Waals surface area (Å²) in [5.74, 6) is -0.994. The standard InChI is InChI=1S/C8H11N3O2/c9-5-2-1-3-11-4-10-6(7(5)11)8(12)13/h4-5H,1-3,9H2,(H,12,13). The van der Waals surface area contributed by atoms with Crippen molar-refractivity contribution in [2.45, 2.75) is 25.4 Å². The van der Waals surface area contributed by atoms with Gasteiger partial charge in [0.1, 0.15) is 0 Å². The molecule has 1 atom stereocenters. The van der Waals surface area contributed by atoms with E-state index in [9.17, 15) is 4.79 Å². The minimum absolute atomic E-state index is 0.104. The molecule has 1 aliphatic rings. The minimum atomic E-state index is -0.994. The molecule has 3 N–H and O–H groups in total. The molecule has 2 rings (SSSR count). The lowest BCUT2D eigenvalue weighted by Crippen LogP contribution is -2.23. The van der Waals surface area contributed by atoms with Gasteiger partial charge in [-0.2, -0.15) is 0 Å². The van der Waals surface area contributed by atoms with Crippen LogP contribution < -0.4 is 5.73 Å². The molecule has 0 saturated heterocycles. The highest BCUT2D eigenvalue weighted by atomic mass is 16.4. The maximum atomic E-state index is 10.7. The molecule has 13 heavy (non-hydrogen) atoms. The summed E-state index contributed by atoms with van der Waals surface area (Å²) in [4.78, 5) is 14.6. The Labute approximate surface area is 75.2 Å². The van der Waals surface area contributed by atoms with Gasteiger partial charge in [-0.25, -0.2) is 9.78 Å². The number of carboxylic acids is 1. The number of hydrogen-bond donors (Lipinski definition) is 2. The van der Waals surface area contributed by atoms with Gasteiger partial charge in [-0.05, 0) is 12.8 Å². The lowest BCUT2D eigenvalue weighted by atomic mass is 10.0. The first-order chi connectivity index (χ1) is 6.20. The number of rotatable bonds is 1. The summed E-state index contributed by atoms with van der Waals surface area (Å²) in [6, 6.07) is -0.178. The molecule has 1 aliphatic heterocycles. The molecule has 70 valence electrons. The van der Waals surface area contributed by atoms with E-state index >= 15 is 0 Å². The van der Waals surface area contributed by atoms with Gasteiger partial charge in [0.2, 0.25) is 0 Å². The Morgan fingerprint density at radius 1 is 1.77 bits per heavy atom. The van der Waals surface area contributed by atoms with Crippen LogP contribution in [0.25, 0.3) is 0 Å². The first kappa shape index (κ1) is 8.25. The Kier molecular flexibility index (Phi) is 1.81. The molecule has 5 heteroatoms. The fourth-order valence-corrected chi connectivity index (χ4v) is 1.74. The zero-order valence-electron chi connectivity index (χ0n) is 7.10. The maximum absolute atomic E-state index is 10.7. The molecule has 5 nitrogen and oxygen atoms in total. The van der Waals surface area contributed by atoms with Crippen LogP contribution in [0.1, 0.15) is 35.1 Å². The molecule has 1 aromatic rings. The van der Waals surface area contributed by atoms with Gasteiger partial charge in [-0.15, -0.1) is 0 Å².